The molecule has 0 aliphatic carbocycles. The maximum absolute atomic E-state index is 11.8. The Kier molecular flexibility index (Phi) is 6.31. The van der Waals surface area contributed by atoms with Crippen molar-refractivity contribution in [2.24, 2.45) is 0 Å². The fraction of sp³-hybridized carbons (Fsp3) is 0.438. The van der Waals surface area contributed by atoms with E-state index in [9.17, 15) is 4.79 Å². The zero-order valence-electron chi connectivity index (χ0n) is 10.9. The number of carbonyl (C=O) groups excluding carboxylic acids is 1. The standard InChI is InChI=1S/C16H22O/c1-3-4-5-9-12-16(17)14(2)13-15-10-7-6-8-11-15/h6-8,10-11,13H,3-5,9,12H2,1-2H3/b14-13+. The molecule has 1 aromatic rings. The molecule has 17 heavy (non-hydrogen) atoms. The molecule has 0 N–H and O–H groups in total. The summed E-state index contributed by atoms with van der Waals surface area (Å²) in [6.07, 6.45) is 7.30. The van der Waals surface area contributed by atoms with Gasteiger partial charge in [-0.15, -0.1) is 0 Å². The third kappa shape index (κ3) is 5.48. The number of Topliss-reactive ketones (excluding diaryl/α,β-unsaturated/α-hetero) is 1. The molecule has 0 spiro atoms. The van der Waals surface area contributed by atoms with E-state index in [-0.39, 0.29) is 5.78 Å². The highest BCUT2D eigenvalue weighted by atomic mass is 16.1. The second-order valence-corrected chi connectivity index (χ2v) is 4.47. The van der Waals surface area contributed by atoms with E-state index in [1.165, 1.54) is 19.3 Å². The quantitative estimate of drug-likeness (QED) is 0.493. The lowest BCUT2D eigenvalue weighted by Gasteiger charge is -2.01. The highest BCUT2D eigenvalue weighted by Gasteiger charge is 2.03. The summed E-state index contributed by atoms with van der Waals surface area (Å²) in [5.74, 6) is 0.282. The molecule has 0 amide bonds. The largest absolute Gasteiger partial charge is 0.295 e. The minimum atomic E-state index is 0.282. The van der Waals surface area contributed by atoms with Gasteiger partial charge in [-0.1, -0.05) is 56.5 Å². The molecular formula is C16H22O. The van der Waals surface area contributed by atoms with Crippen LogP contribution in [0.25, 0.3) is 6.08 Å². The number of ketones is 1. The smallest absolute Gasteiger partial charge is 0.158 e. The number of rotatable bonds is 7. The zero-order valence-corrected chi connectivity index (χ0v) is 10.9. The first-order valence-electron chi connectivity index (χ1n) is 6.50. The summed E-state index contributed by atoms with van der Waals surface area (Å²) >= 11 is 0. The third-order valence-corrected chi connectivity index (χ3v) is 2.88. The summed E-state index contributed by atoms with van der Waals surface area (Å²) in [7, 11) is 0. The van der Waals surface area contributed by atoms with Crippen molar-refractivity contribution in [2.45, 2.75) is 46.0 Å². The molecule has 1 rings (SSSR count). The number of allylic oxidation sites excluding steroid dienone is 1. The minimum absolute atomic E-state index is 0.282. The normalized spacial score (nSPS) is 11.5. The molecule has 0 radical (unpaired) electrons. The first kappa shape index (κ1) is 13.7. The lowest BCUT2D eigenvalue weighted by Crippen LogP contribution is -1.99. The van der Waals surface area contributed by atoms with Gasteiger partial charge in [-0.25, -0.2) is 0 Å². The van der Waals surface area contributed by atoms with Crippen LogP contribution in [0.5, 0.6) is 0 Å². The molecule has 0 aliphatic heterocycles. The molecule has 0 heterocycles. The summed E-state index contributed by atoms with van der Waals surface area (Å²) in [6.45, 7) is 4.09. The number of hydrogen-bond acceptors (Lipinski definition) is 1. The zero-order chi connectivity index (χ0) is 12.5. The maximum atomic E-state index is 11.8. The number of benzene rings is 1. The Balaban J connectivity index is 2.44. The molecular weight excluding hydrogens is 208 g/mol. The summed E-state index contributed by atoms with van der Waals surface area (Å²) in [4.78, 5) is 11.8. The van der Waals surface area contributed by atoms with E-state index in [0.29, 0.717) is 6.42 Å². The SMILES string of the molecule is CCCCCCC(=O)/C(C)=C/c1ccccc1. The van der Waals surface area contributed by atoms with Gasteiger partial charge in [0.05, 0.1) is 0 Å². The van der Waals surface area contributed by atoms with Crippen molar-refractivity contribution in [2.75, 3.05) is 0 Å². The minimum Gasteiger partial charge on any atom is -0.295 e. The Hall–Kier alpha value is -1.37. The second-order valence-electron chi connectivity index (χ2n) is 4.47. The highest BCUT2D eigenvalue weighted by molar-refractivity contribution is 5.98. The average molecular weight is 230 g/mol. The topological polar surface area (TPSA) is 17.1 Å². The Morgan fingerprint density at radius 3 is 2.47 bits per heavy atom. The Bertz CT molecular complexity index is 362. The van der Waals surface area contributed by atoms with E-state index in [2.05, 4.69) is 6.92 Å². The first-order valence-corrected chi connectivity index (χ1v) is 6.50. The molecule has 0 saturated carbocycles. The molecule has 1 nitrogen and oxygen atoms in total. The first-order chi connectivity index (χ1) is 8.24. The summed E-state index contributed by atoms with van der Waals surface area (Å²) in [6, 6.07) is 10.0. The molecule has 0 unspecified atom stereocenters. The van der Waals surface area contributed by atoms with Gasteiger partial charge < -0.3 is 0 Å². The average Bonchev–Trinajstić information content (AvgIpc) is 2.35. The lowest BCUT2D eigenvalue weighted by molar-refractivity contribution is -0.115. The molecule has 0 fully saturated rings. The van der Waals surface area contributed by atoms with Crippen molar-refractivity contribution in [1.82, 2.24) is 0 Å². The predicted molar refractivity (Wildman–Crippen MR) is 73.9 cm³/mol. The summed E-state index contributed by atoms with van der Waals surface area (Å²) in [5, 5.41) is 0. The van der Waals surface area contributed by atoms with Crippen LogP contribution >= 0.6 is 0 Å². The molecule has 0 aromatic heterocycles. The highest BCUT2D eigenvalue weighted by Crippen LogP contribution is 2.11. The van der Waals surface area contributed by atoms with Crippen LogP contribution in [0, 0.1) is 0 Å². The van der Waals surface area contributed by atoms with E-state index >= 15 is 0 Å². The van der Waals surface area contributed by atoms with Gasteiger partial charge in [0.2, 0.25) is 0 Å². The van der Waals surface area contributed by atoms with E-state index in [4.69, 9.17) is 0 Å². The van der Waals surface area contributed by atoms with Crippen molar-refractivity contribution < 1.29 is 4.79 Å². The molecule has 0 aliphatic rings. The van der Waals surface area contributed by atoms with Gasteiger partial charge in [0.1, 0.15) is 0 Å². The van der Waals surface area contributed by atoms with Crippen LogP contribution in [0.2, 0.25) is 0 Å². The van der Waals surface area contributed by atoms with Crippen molar-refractivity contribution in [3.63, 3.8) is 0 Å². The van der Waals surface area contributed by atoms with Gasteiger partial charge in [-0.2, -0.15) is 0 Å². The summed E-state index contributed by atoms with van der Waals surface area (Å²) < 4.78 is 0. The van der Waals surface area contributed by atoms with Gasteiger partial charge >= 0.3 is 0 Å². The van der Waals surface area contributed by atoms with Gasteiger partial charge in [-0.3, -0.25) is 4.79 Å². The summed E-state index contributed by atoms with van der Waals surface area (Å²) in [5.41, 5.74) is 1.97. The van der Waals surface area contributed by atoms with E-state index in [0.717, 1.165) is 17.6 Å². The van der Waals surface area contributed by atoms with Gasteiger partial charge in [0.15, 0.2) is 5.78 Å². The van der Waals surface area contributed by atoms with Crippen LogP contribution in [0.3, 0.4) is 0 Å². The Morgan fingerprint density at radius 2 is 1.82 bits per heavy atom. The monoisotopic (exact) mass is 230 g/mol. The molecule has 0 bridgehead atoms. The molecule has 0 atom stereocenters. The fourth-order valence-corrected chi connectivity index (χ4v) is 1.79. The van der Waals surface area contributed by atoms with E-state index < -0.39 is 0 Å². The van der Waals surface area contributed by atoms with Crippen molar-refractivity contribution >= 4 is 11.9 Å². The number of carbonyl (C=O) groups is 1. The molecule has 0 saturated heterocycles. The van der Waals surface area contributed by atoms with Crippen LogP contribution in [0.15, 0.2) is 35.9 Å². The second kappa shape index (κ2) is 7.83. The van der Waals surface area contributed by atoms with Crippen molar-refractivity contribution in [3.05, 3.63) is 41.5 Å². The number of hydrogen-bond donors (Lipinski definition) is 0. The van der Waals surface area contributed by atoms with Gasteiger partial charge in [0.25, 0.3) is 0 Å². The molecule has 1 heteroatoms. The van der Waals surface area contributed by atoms with E-state index in [1.807, 2.05) is 43.3 Å². The van der Waals surface area contributed by atoms with Crippen LogP contribution in [-0.2, 0) is 4.79 Å². The predicted octanol–water partition coefficient (Wildman–Crippen LogP) is 4.63. The van der Waals surface area contributed by atoms with Crippen LogP contribution < -0.4 is 0 Å². The third-order valence-electron chi connectivity index (χ3n) is 2.88. The Morgan fingerprint density at radius 1 is 1.12 bits per heavy atom. The lowest BCUT2D eigenvalue weighted by atomic mass is 10.0. The maximum Gasteiger partial charge on any atom is 0.158 e. The number of unbranched alkanes of at least 4 members (excludes halogenated alkanes) is 3. The van der Waals surface area contributed by atoms with Crippen LogP contribution in [0.1, 0.15) is 51.5 Å². The van der Waals surface area contributed by atoms with E-state index in [1.54, 1.807) is 0 Å². The molecule has 1 aromatic carbocycles. The van der Waals surface area contributed by atoms with Crippen LogP contribution in [0.4, 0.5) is 0 Å². The van der Waals surface area contributed by atoms with Crippen molar-refractivity contribution in [1.29, 1.82) is 0 Å². The molecule has 92 valence electrons. The fourth-order valence-electron chi connectivity index (χ4n) is 1.79. The Labute approximate surface area is 105 Å². The van der Waals surface area contributed by atoms with Gasteiger partial charge in [0, 0.05) is 6.42 Å². The van der Waals surface area contributed by atoms with Gasteiger partial charge in [-0.05, 0) is 30.6 Å². The van der Waals surface area contributed by atoms with Crippen LogP contribution in [-0.4, -0.2) is 5.78 Å². The van der Waals surface area contributed by atoms with Crippen molar-refractivity contribution in [3.8, 4) is 0 Å².